The number of pyridine rings is 1. The van der Waals surface area contributed by atoms with Crippen LogP contribution in [0.4, 0.5) is 27.7 Å². The molecule has 11 heteroatoms. The van der Waals surface area contributed by atoms with E-state index >= 15 is 0 Å². The molecule has 2 heterocycles. The van der Waals surface area contributed by atoms with Crippen molar-refractivity contribution in [3.8, 4) is 0 Å². The Balaban J connectivity index is 1.68. The molecule has 1 N–H and O–H groups in total. The van der Waals surface area contributed by atoms with Crippen molar-refractivity contribution in [1.29, 1.82) is 0 Å². The molecule has 1 saturated heterocycles. The molecule has 0 saturated carbocycles. The molecule has 166 valence electrons. The number of halogens is 2. The van der Waals surface area contributed by atoms with Crippen molar-refractivity contribution >= 4 is 56.5 Å². The van der Waals surface area contributed by atoms with Crippen LogP contribution in [0, 0.1) is 10.1 Å². The van der Waals surface area contributed by atoms with Gasteiger partial charge in [0, 0.05) is 37.9 Å². The molecule has 1 fully saturated rings. The van der Waals surface area contributed by atoms with E-state index in [0.717, 1.165) is 5.69 Å². The van der Waals surface area contributed by atoms with Gasteiger partial charge in [0.1, 0.15) is 10.2 Å². The number of rotatable bonds is 4. The third-order valence-corrected chi connectivity index (χ3v) is 5.26. The van der Waals surface area contributed by atoms with Crippen LogP contribution in [-0.2, 0) is 4.74 Å². The molecule has 1 aromatic heterocycles. The number of ether oxygens (including phenoxy) is 1. The van der Waals surface area contributed by atoms with E-state index in [1.807, 2.05) is 26.8 Å². The number of piperazine rings is 1. The summed E-state index contributed by atoms with van der Waals surface area (Å²) in [5.41, 5.74) is 0.739. The fourth-order valence-corrected chi connectivity index (χ4v) is 3.71. The highest BCUT2D eigenvalue weighted by atomic mass is 79.9. The summed E-state index contributed by atoms with van der Waals surface area (Å²) in [7, 11) is 0. The van der Waals surface area contributed by atoms with Crippen molar-refractivity contribution in [1.82, 2.24) is 9.88 Å². The normalized spacial score (nSPS) is 14.4. The largest absolute Gasteiger partial charge is 0.444 e. The van der Waals surface area contributed by atoms with E-state index in [9.17, 15) is 14.9 Å². The molecule has 0 atom stereocenters. The van der Waals surface area contributed by atoms with Crippen LogP contribution >= 0.6 is 27.5 Å². The number of aromatic nitrogens is 1. The van der Waals surface area contributed by atoms with Gasteiger partial charge in [-0.3, -0.25) is 10.1 Å². The van der Waals surface area contributed by atoms with Crippen molar-refractivity contribution in [2.75, 3.05) is 36.4 Å². The average Bonchev–Trinajstić information content (AvgIpc) is 2.67. The van der Waals surface area contributed by atoms with E-state index in [2.05, 4.69) is 31.1 Å². The highest BCUT2D eigenvalue weighted by Crippen LogP contribution is 2.33. The molecule has 1 aliphatic rings. The molecule has 2 aromatic rings. The van der Waals surface area contributed by atoms with Gasteiger partial charge in [-0.2, -0.15) is 0 Å². The van der Waals surface area contributed by atoms with Gasteiger partial charge in [-0.25, -0.2) is 9.78 Å². The predicted molar refractivity (Wildman–Crippen MR) is 123 cm³/mol. The van der Waals surface area contributed by atoms with E-state index < -0.39 is 10.5 Å². The Hall–Kier alpha value is -2.59. The topological polar surface area (TPSA) is 101 Å². The van der Waals surface area contributed by atoms with Gasteiger partial charge in [0.2, 0.25) is 5.82 Å². The van der Waals surface area contributed by atoms with Crippen LogP contribution in [0.15, 0.2) is 34.9 Å². The summed E-state index contributed by atoms with van der Waals surface area (Å²) in [6, 6.07) is 8.21. The Morgan fingerprint density at radius 2 is 1.90 bits per heavy atom. The van der Waals surface area contributed by atoms with Crippen LogP contribution in [-0.4, -0.2) is 52.7 Å². The molecule has 1 aromatic carbocycles. The van der Waals surface area contributed by atoms with Crippen molar-refractivity contribution < 1.29 is 14.5 Å². The molecular formula is C20H23BrClN5O4. The number of anilines is 3. The number of benzene rings is 1. The first kappa shape index (κ1) is 23.1. The van der Waals surface area contributed by atoms with E-state index in [4.69, 9.17) is 16.3 Å². The minimum Gasteiger partial charge on any atom is -0.444 e. The van der Waals surface area contributed by atoms with Gasteiger partial charge in [-0.15, -0.1) is 0 Å². The maximum Gasteiger partial charge on any atom is 0.410 e. The Morgan fingerprint density at radius 3 is 2.48 bits per heavy atom. The van der Waals surface area contributed by atoms with Crippen molar-refractivity contribution in [2.24, 2.45) is 0 Å². The first-order valence-electron chi connectivity index (χ1n) is 9.64. The molecule has 1 aliphatic heterocycles. The smallest absolute Gasteiger partial charge is 0.410 e. The molecule has 0 spiro atoms. The molecule has 9 nitrogen and oxygen atoms in total. The van der Waals surface area contributed by atoms with Crippen LogP contribution in [0.1, 0.15) is 20.8 Å². The zero-order valence-electron chi connectivity index (χ0n) is 17.4. The second kappa shape index (κ2) is 9.27. The monoisotopic (exact) mass is 511 g/mol. The first-order valence-corrected chi connectivity index (χ1v) is 10.8. The summed E-state index contributed by atoms with van der Waals surface area (Å²) >= 11 is 9.72. The van der Waals surface area contributed by atoms with Gasteiger partial charge in [0.25, 0.3) is 0 Å². The molecule has 31 heavy (non-hydrogen) atoms. The van der Waals surface area contributed by atoms with E-state index in [-0.39, 0.29) is 17.6 Å². The Kier molecular flexibility index (Phi) is 6.90. The highest BCUT2D eigenvalue weighted by Gasteiger charge is 2.26. The summed E-state index contributed by atoms with van der Waals surface area (Å²) in [5.74, 6) is 0.120. The fraction of sp³-hybridized carbons (Fsp3) is 0.400. The standard InChI is InChI=1S/C20H23BrClN5O4/c1-20(2,3)31-19(28)26-10-8-25(9-11-26)15-5-4-13(12-14(15)22)23-18-16(27(29)30)6-7-17(21)24-18/h4-7,12H,8-11H2,1-3H3,(H,23,24). The number of carbonyl (C=O) groups excluding carboxylic acids is 1. The minimum absolute atomic E-state index is 0.120. The summed E-state index contributed by atoms with van der Waals surface area (Å²) in [6.45, 7) is 7.81. The number of hydrogen-bond acceptors (Lipinski definition) is 7. The average molecular weight is 513 g/mol. The van der Waals surface area contributed by atoms with Crippen LogP contribution in [0.25, 0.3) is 0 Å². The van der Waals surface area contributed by atoms with Crippen molar-refractivity contribution in [3.63, 3.8) is 0 Å². The number of amides is 1. The van der Waals surface area contributed by atoms with Gasteiger partial charge in [-0.1, -0.05) is 11.6 Å². The Labute approximate surface area is 193 Å². The second-order valence-corrected chi connectivity index (χ2v) is 9.22. The third kappa shape index (κ3) is 5.98. The summed E-state index contributed by atoms with van der Waals surface area (Å²) in [5, 5.41) is 14.7. The second-order valence-electron chi connectivity index (χ2n) is 8.00. The Morgan fingerprint density at radius 1 is 1.23 bits per heavy atom. The molecular weight excluding hydrogens is 490 g/mol. The van der Waals surface area contributed by atoms with Crippen LogP contribution < -0.4 is 10.2 Å². The van der Waals surface area contributed by atoms with E-state index in [1.165, 1.54) is 12.1 Å². The summed E-state index contributed by atoms with van der Waals surface area (Å²) in [6.07, 6.45) is -0.319. The Bertz CT molecular complexity index is 990. The molecule has 0 unspecified atom stereocenters. The first-order chi connectivity index (χ1) is 14.5. The predicted octanol–water partition coefficient (Wildman–Crippen LogP) is 5.21. The number of carbonyl (C=O) groups is 1. The van der Waals surface area contributed by atoms with Gasteiger partial charge in [0.15, 0.2) is 0 Å². The third-order valence-electron chi connectivity index (χ3n) is 4.52. The maximum atomic E-state index is 12.2. The van der Waals surface area contributed by atoms with E-state index in [1.54, 1.807) is 17.0 Å². The lowest BCUT2D eigenvalue weighted by Crippen LogP contribution is -2.50. The fourth-order valence-electron chi connectivity index (χ4n) is 3.10. The van der Waals surface area contributed by atoms with Crippen LogP contribution in [0.5, 0.6) is 0 Å². The summed E-state index contributed by atoms with van der Waals surface area (Å²) < 4.78 is 5.90. The van der Waals surface area contributed by atoms with Crippen molar-refractivity contribution in [2.45, 2.75) is 26.4 Å². The number of nitro groups is 1. The zero-order valence-corrected chi connectivity index (χ0v) is 19.7. The van der Waals surface area contributed by atoms with Gasteiger partial charge in [0.05, 0.1) is 15.6 Å². The molecule has 1 amide bonds. The number of nitrogens with one attached hydrogen (secondary N) is 1. The van der Waals surface area contributed by atoms with E-state index in [0.29, 0.717) is 41.5 Å². The van der Waals surface area contributed by atoms with Gasteiger partial charge >= 0.3 is 11.8 Å². The quantitative estimate of drug-likeness (QED) is 0.341. The summed E-state index contributed by atoms with van der Waals surface area (Å²) in [4.78, 5) is 30.9. The lowest BCUT2D eigenvalue weighted by atomic mass is 10.2. The van der Waals surface area contributed by atoms with Crippen molar-refractivity contribution in [3.05, 3.63) is 50.1 Å². The van der Waals surface area contributed by atoms with Gasteiger partial charge < -0.3 is 19.9 Å². The van der Waals surface area contributed by atoms with Crippen LogP contribution in [0.2, 0.25) is 5.02 Å². The molecule has 0 radical (unpaired) electrons. The molecule has 3 rings (SSSR count). The number of nitrogens with zero attached hydrogens (tertiary/aromatic N) is 4. The lowest BCUT2D eigenvalue weighted by Gasteiger charge is -2.37. The lowest BCUT2D eigenvalue weighted by molar-refractivity contribution is -0.384. The van der Waals surface area contributed by atoms with Crippen LogP contribution in [0.3, 0.4) is 0 Å². The zero-order chi connectivity index (χ0) is 22.8. The van der Waals surface area contributed by atoms with Gasteiger partial charge in [-0.05, 0) is 61.0 Å². The molecule has 0 aliphatic carbocycles. The maximum absolute atomic E-state index is 12.2. The molecule has 0 bridgehead atoms. The number of hydrogen-bond donors (Lipinski definition) is 1. The highest BCUT2D eigenvalue weighted by molar-refractivity contribution is 9.10. The SMILES string of the molecule is CC(C)(C)OC(=O)N1CCN(c2ccc(Nc3nc(Br)ccc3[N+](=O)[O-])cc2Cl)CC1. The minimum atomic E-state index is -0.529.